The van der Waals surface area contributed by atoms with Gasteiger partial charge in [0.2, 0.25) is 0 Å². The molecule has 0 saturated carbocycles. The van der Waals surface area contributed by atoms with Gasteiger partial charge in [0.15, 0.2) is 5.44 Å². The van der Waals surface area contributed by atoms with Crippen molar-refractivity contribution in [2.45, 2.75) is 16.4 Å². The van der Waals surface area contributed by atoms with E-state index in [0.717, 1.165) is 0 Å². The van der Waals surface area contributed by atoms with Crippen LogP contribution in [0.15, 0.2) is 0 Å². The first-order valence-corrected chi connectivity index (χ1v) is 4.88. The number of hydrogen-bond acceptors (Lipinski definition) is 5. The van der Waals surface area contributed by atoms with Crippen LogP contribution in [0.2, 0.25) is 0 Å². The number of aliphatic hydroxyl groups is 1. The van der Waals surface area contributed by atoms with Crippen LogP contribution in [0.25, 0.3) is 0 Å². The Morgan fingerprint density at radius 1 is 1.40 bits per heavy atom. The molecular weight excluding hydrogens is 196 g/mol. The maximum atomic E-state index is 10.1. The SMILES string of the molecule is O=S(=O)(O)C(O)CC(S)S. The van der Waals surface area contributed by atoms with Gasteiger partial charge in [-0.2, -0.15) is 33.7 Å². The summed E-state index contributed by atoms with van der Waals surface area (Å²) in [5.74, 6) is 0. The summed E-state index contributed by atoms with van der Waals surface area (Å²) in [5, 5.41) is 8.62. The number of hydrogen-bond donors (Lipinski definition) is 4. The van der Waals surface area contributed by atoms with Crippen molar-refractivity contribution < 1.29 is 18.1 Å². The molecule has 0 aliphatic rings. The van der Waals surface area contributed by atoms with Gasteiger partial charge in [-0.25, -0.2) is 0 Å². The highest BCUT2D eigenvalue weighted by molar-refractivity contribution is 7.99. The van der Waals surface area contributed by atoms with Crippen molar-refractivity contribution in [2.24, 2.45) is 0 Å². The minimum Gasteiger partial charge on any atom is -0.375 e. The molecule has 0 aromatic carbocycles. The predicted octanol–water partition coefficient (Wildman–Crippen LogP) is -0.232. The molecule has 1 atom stereocenters. The molecule has 2 N–H and O–H groups in total. The van der Waals surface area contributed by atoms with E-state index in [1.807, 2.05) is 0 Å². The molecule has 0 aromatic heterocycles. The third-order valence-corrected chi connectivity index (χ3v) is 2.06. The molecule has 0 bridgehead atoms. The summed E-state index contributed by atoms with van der Waals surface area (Å²) in [6.45, 7) is 0. The highest BCUT2D eigenvalue weighted by atomic mass is 32.2. The van der Waals surface area contributed by atoms with E-state index in [0.29, 0.717) is 0 Å². The summed E-state index contributed by atoms with van der Waals surface area (Å²) in [6, 6.07) is 0. The van der Waals surface area contributed by atoms with Crippen molar-refractivity contribution in [1.82, 2.24) is 0 Å². The van der Waals surface area contributed by atoms with Crippen molar-refractivity contribution in [2.75, 3.05) is 0 Å². The van der Waals surface area contributed by atoms with Crippen molar-refractivity contribution in [3.63, 3.8) is 0 Å². The third-order valence-electron chi connectivity index (χ3n) is 0.756. The van der Waals surface area contributed by atoms with Crippen molar-refractivity contribution in [3.05, 3.63) is 0 Å². The maximum Gasteiger partial charge on any atom is 0.292 e. The monoisotopic (exact) mass is 204 g/mol. The highest BCUT2D eigenvalue weighted by Gasteiger charge is 2.20. The minimum atomic E-state index is -4.34. The van der Waals surface area contributed by atoms with Crippen LogP contribution in [0, 0.1) is 0 Å². The summed E-state index contributed by atoms with van der Waals surface area (Å²) < 4.78 is 27.8. The Morgan fingerprint density at radius 2 is 1.80 bits per heavy atom. The zero-order valence-corrected chi connectivity index (χ0v) is 7.48. The van der Waals surface area contributed by atoms with Gasteiger partial charge in [-0.3, -0.25) is 4.55 Å². The van der Waals surface area contributed by atoms with Crippen molar-refractivity contribution >= 4 is 35.4 Å². The quantitative estimate of drug-likeness (QED) is 0.291. The maximum absolute atomic E-state index is 10.1. The zero-order chi connectivity index (χ0) is 8.36. The molecule has 0 aromatic rings. The minimum absolute atomic E-state index is 0.203. The van der Waals surface area contributed by atoms with Gasteiger partial charge in [0, 0.05) is 11.0 Å². The smallest absolute Gasteiger partial charge is 0.292 e. The molecule has 0 spiro atoms. The number of thiol groups is 2. The molecule has 0 amide bonds. The van der Waals surface area contributed by atoms with Crippen LogP contribution < -0.4 is 0 Å². The van der Waals surface area contributed by atoms with E-state index in [1.54, 1.807) is 0 Å². The van der Waals surface area contributed by atoms with Crippen molar-refractivity contribution in [1.29, 1.82) is 0 Å². The topological polar surface area (TPSA) is 74.6 Å². The Balaban J connectivity index is 3.99. The van der Waals surface area contributed by atoms with Gasteiger partial charge in [-0.15, -0.1) is 0 Å². The molecule has 10 heavy (non-hydrogen) atoms. The van der Waals surface area contributed by atoms with Gasteiger partial charge in [0.05, 0.1) is 0 Å². The average molecular weight is 204 g/mol. The van der Waals surface area contributed by atoms with E-state index >= 15 is 0 Å². The summed E-state index contributed by atoms with van der Waals surface area (Å²) in [6.07, 6.45) is -0.203. The zero-order valence-electron chi connectivity index (χ0n) is 4.88. The largest absolute Gasteiger partial charge is 0.375 e. The van der Waals surface area contributed by atoms with Gasteiger partial charge in [0.25, 0.3) is 10.1 Å². The van der Waals surface area contributed by atoms with E-state index in [1.165, 1.54) is 0 Å². The second-order valence-electron chi connectivity index (χ2n) is 1.69. The second kappa shape index (κ2) is 3.82. The Labute approximate surface area is 70.2 Å². The normalized spacial score (nSPS) is 15.7. The van der Waals surface area contributed by atoms with Crippen molar-refractivity contribution in [3.8, 4) is 0 Å². The van der Waals surface area contributed by atoms with E-state index in [4.69, 9.17) is 9.66 Å². The molecule has 0 aliphatic carbocycles. The van der Waals surface area contributed by atoms with E-state index in [-0.39, 0.29) is 6.42 Å². The average Bonchev–Trinajstić information content (AvgIpc) is 1.60. The molecule has 62 valence electrons. The fourth-order valence-electron chi connectivity index (χ4n) is 0.302. The van der Waals surface area contributed by atoms with Crippen LogP contribution in [0.4, 0.5) is 0 Å². The fourth-order valence-corrected chi connectivity index (χ4v) is 1.42. The van der Waals surface area contributed by atoms with E-state index in [9.17, 15) is 8.42 Å². The van der Waals surface area contributed by atoms with Crippen LogP contribution in [0.5, 0.6) is 0 Å². The van der Waals surface area contributed by atoms with Crippen LogP contribution in [-0.4, -0.2) is 28.1 Å². The molecule has 0 fully saturated rings. The van der Waals surface area contributed by atoms with Gasteiger partial charge >= 0.3 is 0 Å². The molecule has 1 unspecified atom stereocenters. The molecule has 0 heterocycles. The van der Waals surface area contributed by atoms with E-state index < -0.39 is 20.1 Å². The summed E-state index contributed by atoms with van der Waals surface area (Å²) in [4.78, 5) is 0. The first-order chi connectivity index (χ1) is 4.34. The lowest BCUT2D eigenvalue weighted by molar-refractivity contribution is 0.229. The number of rotatable bonds is 3. The molecule has 0 rings (SSSR count). The van der Waals surface area contributed by atoms with Crippen LogP contribution >= 0.6 is 25.3 Å². The van der Waals surface area contributed by atoms with Gasteiger partial charge in [-0.05, 0) is 0 Å². The second-order valence-corrected chi connectivity index (χ2v) is 4.91. The van der Waals surface area contributed by atoms with Crippen LogP contribution in [0.1, 0.15) is 6.42 Å². The summed E-state index contributed by atoms with van der Waals surface area (Å²) in [5.41, 5.74) is -1.78. The Kier molecular flexibility index (Phi) is 4.03. The molecule has 7 heteroatoms. The first-order valence-electron chi connectivity index (χ1n) is 2.34. The lowest BCUT2D eigenvalue weighted by Crippen LogP contribution is -2.21. The van der Waals surface area contributed by atoms with Crippen LogP contribution in [0.3, 0.4) is 0 Å². The fraction of sp³-hybridized carbons (Fsp3) is 1.00. The molecular formula is C3H8O4S3. The number of aliphatic hydroxyl groups excluding tert-OH is 1. The Bertz CT molecular complexity index is 184. The third kappa shape index (κ3) is 4.40. The van der Waals surface area contributed by atoms with Gasteiger partial charge in [0.1, 0.15) is 0 Å². The standard InChI is InChI=1S/C3H8O4S3/c4-2(1-3(8)9)10(5,6)7/h2-4,8-9H,1H2,(H,5,6,7). The molecule has 0 saturated heterocycles. The summed E-state index contributed by atoms with van der Waals surface area (Å²) >= 11 is 7.40. The lowest BCUT2D eigenvalue weighted by atomic mass is 10.5. The highest BCUT2D eigenvalue weighted by Crippen LogP contribution is 2.11. The summed E-state index contributed by atoms with van der Waals surface area (Å²) in [7, 11) is -4.34. The van der Waals surface area contributed by atoms with Gasteiger partial charge < -0.3 is 5.11 Å². The van der Waals surface area contributed by atoms with Gasteiger partial charge in [-0.1, -0.05) is 0 Å². The molecule has 4 nitrogen and oxygen atoms in total. The molecule has 0 aliphatic heterocycles. The van der Waals surface area contributed by atoms with E-state index in [2.05, 4.69) is 25.3 Å². The molecule has 0 radical (unpaired) electrons. The Morgan fingerprint density at radius 3 is 1.90 bits per heavy atom. The predicted molar refractivity (Wildman–Crippen MR) is 43.9 cm³/mol. The van der Waals surface area contributed by atoms with Crippen LogP contribution in [-0.2, 0) is 10.1 Å². The lowest BCUT2D eigenvalue weighted by Gasteiger charge is -2.07. The Hall–Kier alpha value is 0.570. The first kappa shape index (κ1) is 10.6.